The zero-order valence-electron chi connectivity index (χ0n) is 11.9. The molecule has 0 unspecified atom stereocenters. The average molecular weight is 326 g/mol. The van der Waals surface area contributed by atoms with Gasteiger partial charge in [0.1, 0.15) is 5.69 Å². The molecule has 5 nitrogen and oxygen atoms in total. The van der Waals surface area contributed by atoms with Crippen LogP contribution < -0.4 is 10.9 Å². The summed E-state index contributed by atoms with van der Waals surface area (Å²) in [7, 11) is 0. The van der Waals surface area contributed by atoms with Gasteiger partial charge in [0.25, 0.3) is 11.5 Å². The van der Waals surface area contributed by atoms with Gasteiger partial charge < -0.3 is 5.32 Å². The minimum atomic E-state index is -0.419. The van der Waals surface area contributed by atoms with Crippen LogP contribution in [0.4, 0.5) is 5.69 Å². The van der Waals surface area contributed by atoms with Gasteiger partial charge in [0.05, 0.1) is 5.69 Å². The number of hydrogen-bond acceptors (Lipinski definition) is 3. The lowest BCUT2D eigenvalue weighted by molar-refractivity contribution is 0.102. The zero-order chi connectivity index (χ0) is 16.2. The Morgan fingerprint density at radius 2 is 1.78 bits per heavy atom. The van der Waals surface area contributed by atoms with E-state index in [9.17, 15) is 9.59 Å². The normalized spacial score (nSPS) is 10.3. The lowest BCUT2D eigenvalue weighted by Gasteiger charge is -2.08. The molecule has 0 spiro atoms. The van der Waals surface area contributed by atoms with Crippen molar-refractivity contribution in [2.24, 2.45) is 0 Å². The number of nitrogens with one attached hydrogen (secondary N) is 1. The van der Waals surface area contributed by atoms with Crippen LogP contribution in [0, 0.1) is 0 Å². The van der Waals surface area contributed by atoms with Crippen molar-refractivity contribution in [2.45, 2.75) is 0 Å². The van der Waals surface area contributed by atoms with Crippen molar-refractivity contribution in [2.75, 3.05) is 5.32 Å². The Labute approximate surface area is 137 Å². The second-order valence-corrected chi connectivity index (χ2v) is 5.21. The minimum absolute atomic E-state index is 0.133. The van der Waals surface area contributed by atoms with Gasteiger partial charge in [-0.25, -0.2) is 0 Å². The molecule has 0 atom stereocenters. The summed E-state index contributed by atoms with van der Waals surface area (Å²) in [5, 5.41) is 7.33. The van der Waals surface area contributed by atoms with Gasteiger partial charge in [-0.3, -0.25) is 9.59 Å². The summed E-state index contributed by atoms with van der Waals surface area (Å²) in [6.45, 7) is 0. The first-order valence-corrected chi connectivity index (χ1v) is 7.24. The number of rotatable bonds is 3. The number of amides is 1. The molecule has 2 aromatic carbocycles. The van der Waals surface area contributed by atoms with Crippen LogP contribution >= 0.6 is 11.6 Å². The van der Waals surface area contributed by atoms with Crippen molar-refractivity contribution in [3.8, 4) is 5.69 Å². The first-order chi connectivity index (χ1) is 11.1. The fourth-order valence-electron chi connectivity index (χ4n) is 2.05. The van der Waals surface area contributed by atoms with Crippen LogP contribution in [0.1, 0.15) is 10.5 Å². The molecule has 1 N–H and O–H groups in total. The standard InChI is InChI=1S/C17H12ClN3O2/c18-12-5-4-6-13(11-12)19-17(23)15-9-10-16(22)21(20-15)14-7-2-1-3-8-14/h1-11H,(H,19,23). The lowest BCUT2D eigenvalue weighted by Crippen LogP contribution is -2.24. The molecule has 0 aliphatic carbocycles. The Morgan fingerprint density at radius 3 is 2.52 bits per heavy atom. The Balaban J connectivity index is 1.92. The average Bonchev–Trinajstić information content (AvgIpc) is 2.56. The van der Waals surface area contributed by atoms with Crippen molar-refractivity contribution in [3.63, 3.8) is 0 Å². The van der Waals surface area contributed by atoms with Gasteiger partial charge in [-0.05, 0) is 36.4 Å². The van der Waals surface area contributed by atoms with E-state index in [1.54, 1.807) is 48.5 Å². The molecule has 0 saturated heterocycles. The van der Waals surface area contributed by atoms with Crippen molar-refractivity contribution in [1.82, 2.24) is 9.78 Å². The predicted molar refractivity (Wildman–Crippen MR) is 89.2 cm³/mol. The van der Waals surface area contributed by atoms with Crippen LogP contribution in [0.5, 0.6) is 0 Å². The molecule has 23 heavy (non-hydrogen) atoms. The van der Waals surface area contributed by atoms with Gasteiger partial charge in [-0.15, -0.1) is 0 Å². The Kier molecular flexibility index (Phi) is 4.21. The number of aromatic nitrogens is 2. The van der Waals surface area contributed by atoms with E-state index in [0.29, 0.717) is 16.4 Å². The molecule has 114 valence electrons. The smallest absolute Gasteiger partial charge is 0.276 e. The first kappa shape index (κ1) is 15.0. The number of carbonyl (C=O) groups excluding carboxylic acids is 1. The molecular formula is C17H12ClN3O2. The number of hydrogen-bond donors (Lipinski definition) is 1. The highest BCUT2D eigenvalue weighted by Gasteiger charge is 2.11. The number of nitrogens with zero attached hydrogens (tertiary/aromatic N) is 2. The third-order valence-corrected chi connectivity index (χ3v) is 3.35. The van der Waals surface area contributed by atoms with Crippen molar-refractivity contribution < 1.29 is 4.79 Å². The zero-order valence-corrected chi connectivity index (χ0v) is 12.7. The predicted octanol–water partition coefficient (Wildman–Crippen LogP) is 3.14. The number of carbonyl (C=O) groups is 1. The van der Waals surface area contributed by atoms with Gasteiger partial charge in [-0.2, -0.15) is 9.78 Å². The molecular weight excluding hydrogens is 314 g/mol. The van der Waals surface area contributed by atoms with Crippen molar-refractivity contribution in [3.05, 3.63) is 87.8 Å². The van der Waals surface area contributed by atoms with E-state index >= 15 is 0 Å². The second kappa shape index (κ2) is 6.46. The maximum Gasteiger partial charge on any atom is 0.276 e. The topological polar surface area (TPSA) is 64.0 Å². The molecule has 0 fully saturated rings. The molecule has 0 aliphatic rings. The Morgan fingerprint density at radius 1 is 1.00 bits per heavy atom. The summed E-state index contributed by atoms with van der Waals surface area (Å²) in [6.07, 6.45) is 0. The molecule has 1 heterocycles. The maximum atomic E-state index is 12.3. The summed E-state index contributed by atoms with van der Waals surface area (Å²) in [6, 6.07) is 18.4. The Bertz CT molecular complexity index is 907. The number of benzene rings is 2. The molecule has 0 aliphatic heterocycles. The molecule has 0 saturated carbocycles. The number of anilines is 1. The van der Waals surface area contributed by atoms with Crippen molar-refractivity contribution >= 4 is 23.2 Å². The molecule has 3 aromatic rings. The summed E-state index contributed by atoms with van der Waals surface area (Å²) >= 11 is 5.89. The van der Waals surface area contributed by atoms with Crippen LogP contribution in [0.3, 0.4) is 0 Å². The molecule has 0 bridgehead atoms. The van der Waals surface area contributed by atoms with E-state index in [1.807, 2.05) is 6.07 Å². The second-order valence-electron chi connectivity index (χ2n) is 4.77. The van der Waals surface area contributed by atoms with Gasteiger partial charge in [0.2, 0.25) is 0 Å². The minimum Gasteiger partial charge on any atom is -0.321 e. The fourth-order valence-corrected chi connectivity index (χ4v) is 2.24. The third kappa shape index (κ3) is 3.46. The van der Waals surface area contributed by atoms with Gasteiger partial charge in [0, 0.05) is 16.8 Å². The summed E-state index contributed by atoms with van der Waals surface area (Å²) in [5.74, 6) is -0.419. The molecule has 3 rings (SSSR count). The summed E-state index contributed by atoms with van der Waals surface area (Å²) < 4.78 is 1.19. The highest BCUT2D eigenvalue weighted by atomic mass is 35.5. The molecule has 0 radical (unpaired) electrons. The van der Waals surface area contributed by atoms with E-state index in [1.165, 1.54) is 16.8 Å². The van der Waals surface area contributed by atoms with E-state index < -0.39 is 5.91 Å². The number of para-hydroxylation sites is 1. The summed E-state index contributed by atoms with van der Waals surface area (Å²) in [5.41, 5.74) is 0.973. The third-order valence-electron chi connectivity index (χ3n) is 3.12. The van der Waals surface area contributed by atoms with E-state index in [4.69, 9.17) is 11.6 Å². The number of halogens is 1. The van der Waals surface area contributed by atoms with Gasteiger partial charge >= 0.3 is 0 Å². The lowest BCUT2D eigenvalue weighted by atomic mass is 10.3. The van der Waals surface area contributed by atoms with Crippen molar-refractivity contribution in [1.29, 1.82) is 0 Å². The fraction of sp³-hybridized carbons (Fsp3) is 0. The van der Waals surface area contributed by atoms with Crippen LogP contribution in [-0.2, 0) is 0 Å². The largest absolute Gasteiger partial charge is 0.321 e. The van der Waals surface area contributed by atoms with E-state index in [2.05, 4.69) is 10.4 Å². The quantitative estimate of drug-likeness (QED) is 0.804. The Hall–Kier alpha value is -2.92. The monoisotopic (exact) mass is 325 g/mol. The highest BCUT2D eigenvalue weighted by Crippen LogP contribution is 2.15. The highest BCUT2D eigenvalue weighted by molar-refractivity contribution is 6.30. The summed E-state index contributed by atoms with van der Waals surface area (Å²) in [4.78, 5) is 24.2. The molecule has 1 aromatic heterocycles. The first-order valence-electron chi connectivity index (χ1n) is 6.86. The van der Waals surface area contributed by atoms with E-state index in [0.717, 1.165) is 0 Å². The van der Waals surface area contributed by atoms with Crippen LogP contribution in [0.2, 0.25) is 5.02 Å². The van der Waals surface area contributed by atoms with Crippen LogP contribution in [0.15, 0.2) is 71.5 Å². The van der Waals surface area contributed by atoms with Crippen LogP contribution in [-0.4, -0.2) is 15.7 Å². The molecule has 1 amide bonds. The van der Waals surface area contributed by atoms with Gasteiger partial charge in [-0.1, -0.05) is 35.9 Å². The SMILES string of the molecule is O=C(Nc1cccc(Cl)c1)c1ccc(=O)n(-c2ccccc2)n1. The van der Waals surface area contributed by atoms with Crippen LogP contribution in [0.25, 0.3) is 5.69 Å². The molecule has 6 heteroatoms. The van der Waals surface area contributed by atoms with E-state index in [-0.39, 0.29) is 11.3 Å². The maximum absolute atomic E-state index is 12.3. The van der Waals surface area contributed by atoms with Gasteiger partial charge in [0.15, 0.2) is 0 Å².